The quantitative estimate of drug-likeness (QED) is 0.803. The molecule has 1 saturated heterocycles. The van der Waals surface area contributed by atoms with Crippen molar-refractivity contribution in [3.05, 3.63) is 40.8 Å². The summed E-state index contributed by atoms with van der Waals surface area (Å²) in [4.78, 5) is 0. The molecule has 2 aromatic rings. The first-order valence-electron chi connectivity index (χ1n) is 7.25. The molecule has 1 aliphatic rings. The second-order valence-electron chi connectivity index (χ2n) is 5.09. The van der Waals surface area contributed by atoms with Gasteiger partial charge in [-0.05, 0) is 25.1 Å². The van der Waals surface area contributed by atoms with E-state index in [4.69, 9.17) is 30.2 Å². The van der Waals surface area contributed by atoms with Gasteiger partial charge in [-0.15, -0.1) is 10.2 Å². The molecule has 0 amide bonds. The highest BCUT2D eigenvalue weighted by Crippen LogP contribution is 2.34. The van der Waals surface area contributed by atoms with Crippen molar-refractivity contribution in [2.45, 2.75) is 25.6 Å². The van der Waals surface area contributed by atoms with Crippen LogP contribution >= 0.6 is 11.6 Å². The van der Waals surface area contributed by atoms with E-state index in [0.29, 0.717) is 37.9 Å². The Morgan fingerprint density at radius 2 is 2.26 bits per heavy atom. The maximum Gasteiger partial charge on any atom is 0.254 e. The van der Waals surface area contributed by atoms with Crippen molar-refractivity contribution in [1.82, 2.24) is 10.2 Å². The van der Waals surface area contributed by atoms with Crippen LogP contribution in [0.4, 0.5) is 4.39 Å². The van der Waals surface area contributed by atoms with Crippen molar-refractivity contribution in [3.8, 4) is 5.75 Å². The number of ether oxygens (including phenoxy) is 3. The van der Waals surface area contributed by atoms with Crippen LogP contribution in [0, 0.1) is 5.82 Å². The van der Waals surface area contributed by atoms with E-state index in [1.807, 2.05) is 6.92 Å². The summed E-state index contributed by atoms with van der Waals surface area (Å²) in [5, 5.41) is 8.18. The topological polar surface area (TPSA) is 66.6 Å². The molecule has 8 heteroatoms. The van der Waals surface area contributed by atoms with Crippen LogP contribution in [0.2, 0.25) is 5.02 Å². The molecular weight excluding hydrogens is 327 g/mol. The molecule has 0 radical (unpaired) electrons. The molecule has 1 atom stereocenters. The number of benzene rings is 1. The Morgan fingerprint density at radius 1 is 1.39 bits per heavy atom. The molecule has 1 aromatic heterocycles. The maximum atomic E-state index is 13.0. The second-order valence-corrected chi connectivity index (χ2v) is 5.50. The number of hydrogen-bond donors (Lipinski definition) is 0. The van der Waals surface area contributed by atoms with E-state index in [-0.39, 0.29) is 17.5 Å². The Hall–Kier alpha value is -1.70. The van der Waals surface area contributed by atoms with Gasteiger partial charge in [0.2, 0.25) is 0 Å². The van der Waals surface area contributed by atoms with Gasteiger partial charge in [0.1, 0.15) is 11.6 Å². The summed E-state index contributed by atoms with van der Waals surface area (Å²) in [7, 11) is 0. The first-order chi connectivity index (χ1) is 11.1. The van der Waals surface area contributed by atoms with Gasteiger partial charge >= 0.3 is 0 Å². The Kier molecular flexibility index (Phi) is 4.79. The van der Waals surface area contributed by atoms with Crippen LogP contribution in [0.5, 0.6) is 5.75 Å². The molecule has 1 aromatic carbocycles. The van der Waals surface area contributed by atoms with Gasteiger partial charge in [-0.25, -0.2) is 4.39 Å². The summed E-state index contributed by atoms with van der Waals surface area (Å²) < 4.78 is 35.3. The van der Waals surface area contributed by atoms with Gasteiger partial charge in [0.25, 0.3) is 11.8 Å². The van der Waals surface area contributed by atoms with E-state index >= 15 is 0 Å². The predicted octanol–water partition coefficient (Wildman–Crippen LogP) is 3.09. The Morgan fingerprint density at radius 3 is 2.96 bits per heavy atom. The third-order valence-electron chi connectivity index (χ3n) is 3.51. The number of aromatic nitrogens is 2. The van der Waals surface area contributed by atoms with Crippen LogP contribution in [-0.4, -0.2) is 30.0 Å². The highest BCUT2D eigenvalue weighted by molar-refractivity contribution is 6.32. The van der Waals surface area contributed by atoms with Crippen LogP contribution < -0.4 is 4.74 Å². The summed E-state index contributed by atoms with van der Waals surface area (Å²) in [5.41, 5.74) is -0.687. The van der Waals surface area contributed by atoms with Crippen LogP contribution in [0.15, 0.2) is 22.6 Å². The lowest BCUT2D eigenvalue weighted by molar-refractivity contribution is -0.0668. The van der Waals surface area contributed by atoms with Gasteiger partial charge in [-0.2, -0.15) is 0 Å². The Bertz CT molecular complexity index is 673. The summed E-state index contributed by atoms with van der Waals surface area (Å²) in [6.07, 6.45) is 0.660. The fraction of sp³-hybridized carbons (Fsp3) is 0.467. The minimum absolute atomic E-state index is 0.0292. The Balaban J connectivity index is 1.69. The van der Waals surface area contributed by atoms with Gasteiger partial charge in [-0.1, -0.05) is 11.6 Å². The van der Waals surface area contributed by atoms with Gasteiger partial charge in [0, 0.05) is 13.0 Å². The zero-order chi connectivity index (χ0) is 16.3. The molecule has 6 nitrogen and oxygen atoms in total. The number of halogens is 2. The van der Waals surface area contributed by atoms with E-state index in [1.54, 1.807) is 0 Å². The highest BCUT2D eigenvalue weighted by atomic mass is 35.5. The van der Waals surface area contributed by atoms with E-state index in [9.17, 15) is 4.39 Å². The molecule has 0 bridgehead atoms. The molecule has 0 spiro atoms. The van der Waals surface area contributed by atoms with Gasteiger partial charge < -0.3 is 18.6 Å². The van der Waals surface area contributed by atoms with Crippen molar-refractivity contribution >= 4 is 11.6 Å². The second kappa shape index (κ2) is 6.82. The molecule has 0 aliphatic carbocycles. The molecule has 3 rings (SSSR count). The molecule has 1 fully saturated rings. The third-order valence-corrected chi connectivity index (χ3v) is 3.80. The number of nitrogens with zero attached hydrogens (tertiary/aromatic N) is 2. The minimum Gasteiger partial charge on any atom is -0.482 e. The molecule has 0 saturated carbocycles. The number of hydrogen-bond acceptors (Lipinski definition) is 6. The molecule has 2 heterocycles. The molecule has 23 heavy (non-hydrogen) atoms. The van der Waals surface area contributed by atoms with Crippen LogP contribution in [0.1, 0.15) is 25.1 Å². The van der Waals surface area contributed by atoms with Crippen molar-refractivity contribution in [2.24, 2.45) is 0 Å². The van der Waals surface area contributed by atoms with Crippen LogP contribution in [-0.2, 0) is 21.7 Å². The average Bonchev–Trinajstić information content (AvgIpc) is 3.16. The van der Waals surface area contributed by atoms with E-state index < -0.39 is 11.4 Å². The van der Waals surface area contributed by atoms with Crippen LogP contribution in [0.3, 0.4) is 0 Å². The van der Waals surface area contributed by atoms with Gasteiger partial charge in [0.15, 0.2) is 12.2 Å². The van der Waals surface area contributed by atoms with Crippen molar-refractivity contribution in [3.63, 3.8) is 0 Å². The van der Waals surface area contributed by atoms with Crippen molar-refractivity contribution < 1.29 is 23.0 Å². The lowest BCUT2D eigenvalue weighted by atomic mass is 10.0. The van der Waals surface area contributed by atoms with E-state index in [0.717, 1.165) is 0 Å². The smallest absolute Gasteiger partial charge is 0.254 e. The van der Waals surface area contributed by atoms with Gasteiger partial charge in [0.05, 0.1) is 18.2 Å². The average molecular weight is 343 g/mol. The summed E-state index contributed by atoms with van der Waals surface area (Å²) in [6.45, 7) is 3.41. The lowest BCUT2D eigenvalue weighted by Gasteiger charge is -2.22. The zero-order valence-corrected chi connectivity index (χ0v) is 13.3. The molecule has 1 unspecified atom stereocenters. The molecule has 0 N–H and O–H groups in total. The summed E-state index contributed by atoms with van der Waals surface area (Å²) in [5.74, 6) is 0.575. The van der Waals surface area contributed by atoms with Crippen LogP contribution in [0.25, 0.3) is 0 Å². The standard InChI is InChI=1S/C15H16ClFN2O4/c1-2-22-15(5-6-20-9-15)14-19-18-13(23-14)8-21-12-4-3-10(17)7-11(12)16/h3-4,7H,2,5-6,8-9H2,1H3. The maximum absolute atomic E-state index is 13.0. The molecule has 124 valence electrons. The normalized spacial score (nSPS) is 20.8. The third kappa shape index (κ3) is 3.46. The van der Waals surface area contributed by atoms with E-state index in [2.05, 4.69) is 10.2 Å². The monoisotopic (exact) mass is 342 g/mol. The summed E-state index contributed by atoms with van der Waals surface area (Å²) >= 11 is 5.90. The van der Waals surface area contributed by atoms with Crippen molar-refractivity contribution in [1.29, 1.82) is 0 Å². The first kappa shape index (κ1) is 16.2. The minimum atomic E-state index is -0.687. The first-order valence-corrected chi connectivity index (χ1v) is 7.63. The largest absolute Gasteiger partial charge is 0.482 e. The molecular formula is C15H16ClFN2O4. The SMILES string of the molecule is CCOC1(c2nnc(COc3ccc(F)cc3Cl)o2)CCOC1. The fourth-order valence-corrected chi connectivity index (χ4v) is 2.62. The lowest BCUT2D eigenvalue weighted by Crippen LogP contribution is -2.30. The molecule has 1 aliphatic heterocycles. The Labute approximate surface area is 137 Å². The summed E-state index contributed by atoms with van der Waals surface area (Å²) in [6, 6.07) is 3.89. The van der Waals surface area contributed by atoms with Gasteiger partial charge in [-0.3, -0.25) is 0 Å². The van der Waals surface area contributed by atoms with E-state index in [1.165, 1.54) is 18.2 Å². The van der Waals surface area contributed by atoms with Crippen molar-refractivity contribution in [2.75, 3.05) is 19.8 Å². The highest BCUT2D eigenvalue weighted by Gasteiger charge is 2.42. The predicted molar refractivity (Wildman–Crippen MR) is 78.8 cm³/mol. The fourth-order valence-electron chi connectivity index (χ4n) is 2.39. The zero-order valence-electron chi connectivity index (χ0n) is 12.6. The number of rotatable bonds is 6.